The first kappa shape index (κ1) is 15.9. The maximum atomic E-state index is 3.45. The summed E-state index contributed by atoms with van der Waals surface area (Å²) in [7, 11) is 0. The maximum Gasteiger partial charge on any atom is 0.0343 e. The van der Waals surface area contributed by atoms with E-state index in [1.165, 1.54) is 27.9 Å². The number of rotatable bonds is 2. The second-order valence-corrected chi connectivity index (χ2v) is 7.17. The van der Waals surface area contributed by atoms with Gasteiger partial charge in [-0.05, 0) is 53.1 Å². The fourth-order valence-corrected chi connectivity index (χ4v) is 3.66. The van der Waals surface area contributed by atoms with Gasteiger partial charge in [-0.25, -0.2) is 0 Å². The minimum atomic E-state index is 0.161. The first-order chi connectivity index (χ1) is 11.0. The van der Waals surface area contributed by atoms with Crippen molar-refractivity contribution in [3.63, 3.8) is 0 Å². The monoisotopic (exact) mass is 305 g/mol. The normalized spacial score (nSPS) is 20.4. The van der Waals surface area contributed by atoms with Crippen molar-refractivity contribution in [3.8, 4) is 0 Å². The molecule has 1 N–H and O–H groups in total. The Labute approximate surface area is 140 Å². The van der Waals surface area contributed by atoms with E-state index in [-0.39, 0.29) is 5.41 Å². The first-order valence-corrected chi connectivity index (χ1v) is 8.66. The van der Waals surface area contributed by atoms with Crippen LogP contribution in [0.2, 0.25) is 0 Å². The van der Waals surface area contributed by atoms with Crippen molar-refractivity contribution in [3.05, 3.63) is 70.8 Å². The Morgan fingerprint density at radius 1 is 1.09 bits per heavy atom. The van der Waals surface area contributed by atoms with Crippen molar-refractivity contribution in [2.24, 2.45) is 0 Å². The van der Waals surface area contributed by atoms with Crippen molar-refractivity contribution >= 4 is 11.8 Å². The molecule has 0 aliphatic heterocycles. The highest BCUT2D eigenvalue weighted by molar-refractivity contribution is 5.63. The summed E-state index contributed by atoms with van der Waals surface area (Å²) in [4.78, 5) is 0. The van der Waals surface area contributed by atoms with Crippen LogP contribution < -0.4 is 5.32 Å². The first-order valence-electron chi connectivity index (χ1n) is 8.66. The Bertz CT molecular complexity index is 725. The third kappa shape index (κ3) is 3.06. The predicted octanol–water partition coefficient (Wildman–Crippen LogP) is 5.96. The van der Waals surface area contributed by atoms with Gasteiger partial charge < -0.3 is 5.32 Å². The van der Waals surface area contributed by atoms with Crippen LogP contribution in [0.25, 0.3) is 6.08 Å². The zero-order chi connectivity index (χ0) is 16.4. The third-order valence-electron chi connectivity index (χ3n) is 5.02. The van der Waals surface area contributed by atoms with E-state index in [9.17, 15) is 0 Å². The predicted molar refractivity (Wildman–Crippen MR) is 101 cm³/mol. The molecule has 23 heavy (non-hydrogen) atoms. The number of anilines is 1. The quantitative estimate of drug-likeness (QED) is 0.721. The van der Waals surface area contributed by atoms with Crippen LogP contribution in [0.15, 0.2) is 48.5 Å². The standard InChI is InChI=1S/C22H27N/c1-5-23-18-13-12-17-9-8-14-22(3,4)21-11-7-6-10-19(21)16(2)20(17)15-18/h6-13,15-16,23H,5,14H2,1-4H3/b9-8+. The summed E-state index contributed by atoms with van der Waals surface area (Å²) < 4.78 is 0. The molecule has 120 valence electrons. The molecule has 0 aromatic heterocycles. The molecule has 0 amide bonds. The van der Waals surface area contributed by atoms with E-state index in [0.717, 1.165) is 13.0 Å². The minimum Gasteiger partial charge on any atom is -0.385 e. The Morgan fingerprint density at radius 3 is 2.65 bits per heavy atom. The molecule has 0 spiro atoms. The summed E-state index contributed by atoms with van der Waals surface area (Å²) in [6, 6.07) is 15.7. The number of hydrogen-bond acceptors (Lipinski definition) is 1. The lowest BCUT2D eigenvalue weighted by molar-refractivity contribution is 0.527. The highest BCUT2D eigenvalue weighted by atomic mass is 14.8. The summed E-state index contributed by atoms with van der Waals surface area (Å²) in [5.41, 5.74) is 7.04. The van der Waals surface area contributed by atoms with Gasteiger partial charge in [-0.2, -0.15) is 0 Å². The van der Waals surface area contributed by atoms with Crippen LogP contribution in [0.1, 0.15) is 62.3 Å². The van der Waals surface area contributed by atoms with Gasteiger partial charge >= 0.3 is 0 Å². The molecule has 2 aromatic carbocycles. The van der Waals surface area contributed by atoms with Crippen LogP contribution in [-0.2, 0) is 5.41 Å². The summed E-state index contributed by atoms with van der Waals surface area (Å²) in [6.45, 7) is 10.1. The molecule has 0 saturated heterocycles. The van der Waals surface area contributed by atoms with Gasteiger partial charge in [0.05, 0.1) is 0 Å². The second kappa shape index (κ2) is 6.23. The van der Waals surface area contributed by atoms with Gasteiger partial charge in [-0.3, -0.25) is 0 Å². The largest absolute Gasteiger partial charge is 0.385 e. The van der Waals surface area contributed by atoms with Gasteiger partial charge in [0.25, 0.3) is 0 Å². The molecule has 0 bridgehead atoms. The van der Waals surface area contributed by atoms with Crippen LogP contribution in [0, 0.1) is 0 Å². The molecule has 1 heteroatoms. The van der Waals surface area contributed by atoms with E-state index in [1.54, 1.807) is 0 Å². The Morgan fingerprint density at radius 2 is 1.87 bits per heavy atom. The minimum absolute atomic E-state index is 0.161. The number of hydrogen-bond donors (Lipinski definition) is 1. The summed E-state index contributed by atoms with van der Waals surface area (Å²) in [5, 5.41) is 3.45. The molecule has 1 nitrogen and oxygen atoms in total. The molecule has 1 unspecified atom stereocenters. The van der Waals surface area contributed by atoms with Gasteiger partial charge in [-0.1, -0.05) is 63.3 Å². The zero-order valence-corrected chi connectivity index (χ0v) is 14.7. The molecule has 0 fully saturated rings. The molecular weight excluding hydrogens is 278 g/mol. The highest BCUT2D eigenvalue weighted by Crippen LogP contribution is 2.39. The van der Waals surface area contributed by atoms with Crippen LogP contribution in [0.3, 0.4) is 0 Å². The number of nitrogens with one attached hydrogen (secondary N) is 1. The zero-order valence-electron chi connectivity index (χ0n) is 14.7. The maximum absolute atomic E-state index is 3.45. The van der Waals surface area contributed by atoms with Crippen LogP contribution in [0.5, 0.6) is 0 Å². The van der Waals surface area contributed by atoms with Gasteiger partial charge in [0.15, 0.2) is 0 Å². The van der Waals surface area contributed by atoms with Crippen LogP contribution >= 0.6 is 0 Å². The highest BCUT2D eigenvalue weighted by Gasteiger charge is 2.26. The lowest BCUT2D eigenvalue weighted by Gasteiger charge is -2.28. The van der Waals surface area contributed by atoms with Crippen LogP contribution in [0.4, 0.5) is 5.69 Å². The fraction of sp³-hybridized carbons (Fsp3) is 0.364. The molecule has 0 radical (unpaired) electrons. The average molecular weight is 305 g/mol. The SMILES string of the molecule is CCNc1ccc2c(c1)C(C)c1ccccc1C(C)(C)C/C=C/2. The molecule has 1 atom stereocenters. The number of fused-ring (bicyclic) bond motifs is 2. The van der Waals surface area contributed by atoms with E-state index >= 15 is 0 Å². The van der Waals surface area contributed by atoms with E-state index < -0.39 is 0 Å². The van der Waals surface area contributed by atoms with Crippen molar-refractivity contribution in [2.75, 3.05) is 11.9 Å². The molecule has 1 aliphatic carbocycles. The Balaban J connectivity index is 2.19. The number of benzene rings is 2. The molecular formula is C22H27N. The van der Waals surface area contributed by atoms with E-state index in [2.05, 4.69) is 87.6 Å². The smallest absolute Gasteiger partial charge is 0.0343 e. The van der Waals surface area contributed by atoms with Crippen LogP contribution in [-0.4, -0.2) is 6.54 Å². The fourth-order valence-electron chi connectivity index (χ4n) is 3.66. The summed E-state index contributed by atoms with van der Waals surface area (Å²) in [6.07, 6.45) is 5.70. The van der Waals surface area contributed by atoms with Crippen molar-refractivity contribution in [1.29, 1.82) is 0 Å². The third-order valence-corrected chi connectivity index (χ3v) is 5.02. The number of allylic oxidation sites excluding steroid dienone is 1. The summed E-state index contributed by atoms with van der Waals surface area (Å²) in [5.74, 6) is 0.391. The van der Waals surface area contributed by atoms with Crippen molar-refractivity contribution in [2.45, 2.75) is 45.4 Å². The molecule has 0 saturated carbocycles. The lowest BCUT2D eigenvalue weighted by Crippen LogP contribution is -2.19. The van der Waals surface area contributed by atoms with Gasteiger partial charge in [-0.15, -0.1) is 0 Å². The van der Waals surface area contributed by atoms with Gasteiger partial charge in [0, 0.05) is 18.2 Å². The Kier molecular flexibility index (Phi) is 4.30. The van der Waals surface area contributed by atoms with Gasteiger partial charge in [0.2, 0.25) is 0 Å². The molecule has 3 rings (SSSR count). The van der Waals surface area contributed by atoms with E-state index in [4.69, 9.17) is 0 Å². The lowest BCUT2D eigenvalue weighted by atomic mass is 9.76. The average Bonchev–Trinajstić information content (AvgIpc) is 2.58. The second-order valence-electron chi connectivity index (χ2n) is 7.17. The topological polar surface area (TPSA) is 12.0 Å². The Hall–Kier alpha value is -2.02. The van der Waals surface area contributed by atoms with Crippen molar-refractivity contribution in [1.82, 2.24) is 0 Å². The molecule has 2 aromatic rings. The van der Waals surface area contributed by atoms with E-state index in [0.29, 0.717) is 5.92 Å². The summed E-state index contributed by atoms with van der Waals surface area (Å²) >= 11 is 0. The molecule has 1 aliphatic rings. The van der Waals surface area contributed by atoms with Gasteiger partial charge in [0.1, 0.15) is 0 Å². The van der Waals surface area contributed by atoms with Crippen molar-refractivity contribution < 1.29 is 0 Å². The molecule has 0 heterocycles. The van der Waals surface area contributed by atoms with E-state index in [1.807, 2.05) is 0 Å².